The van der Waals surface area contributed by atoms with Gasteiger partial charge >= 0.3 is 0 Å². The predicted octanol–water partition coefficient (Wildman–Crippen LogP) is 2.98. The number of ether oxygens (including phenoxy) is 2. The molecule has 5 rings (SSSR count). The quantitative estimate of drug-likeness (QED) is 0.848. The number of hydrogen-bond donors (Lipinski definition) is 2. The van der Waals surface area contributed by atoms with E-state index in [0.717, 1.165) is 24.5 Å². The Kier molecular flexibility index (Phi) is 2.49. The van der Waals surface area contributed by atoms with E-state index in [1.165, 1.54) is 28.1 Å². The van der Waals surface area contributed by atoms with Gasteiger partial charge in [-0.25, -0.2) is 0 Å². The van der Waals surface area contributed by atoms with E-state index in [4.69, 9.17) is 9.47 Å². The van der Waals surface area contributed by atoms with E-state index in [2.05, 4.69) is 47.0 Å². The van der Waals surface area contributed by atoms with Crippen molar-refractivity contribution in [1.82, 2.24) is 5.32 Å². The van der Waals surface area contributed by atoms with Crippen LogP contribution < -0.4 is 20.1 Å². The summed E-state index contributed by atoms with van der Waals surface area (Å²) in [4.78, 5) is 0. The van der Waals surface area contributed by atoms with Gasteiger partial charge in [0.05, 0.1) is 6.04 Å². The Balaban J connectivity index is 1.51. The number of hydrogen-bond acceptors (Lipinski definition) is 4. The standard InChI is InChI=1S/C18H16N2O2/c1-2-4-14-11(3-1)7-13-9-19-17(18(13)20-14)12-5-6-15-16(8-12)22-10-21-15/h1-6,8,17,19-20H,7,9-10H2. The number of anilines is 1. The van der Waals surface area contributed by atoms with Crippen LogP contribution in [-0.2, 0) is 6.42 Å². The predicted molar refractivity (Wildman–Crippen MR) is 84.1 cm³/mol. The molecule has 2 aromatic rings. The summed E-state index contributed by atoms with van der Waals surface area (Å²) in [6.07, 6.45) is 1.02. The van der Waals surface area contributed by atoms with Crippen LogP contribution in [0.25, 0.3) is 0 Å². The topological polar surface area (TPSA) is 42.5 Å². The monoisotopic (exact) mass is 292 g/mol. The van der Waals surface area contributed by atoms with Crippen molar-refractivity contribution in [3.63, 3.8) is 0 Å². The van der Waals surface area contributed by atoms with Crippen LogP contribution in [0.15, 0.2) is 53.7 Å². The fraction of sp³-hybridized carbons (Fsp3) is 0.222. The van der Waals surface area contributed by atoms with Crippen molar-refractivity contribution in [3.05, 3.63) is 64.9 Å². The zero-order valence-corrected chi connectivity index (χ0v) is 12.1. The van der Waals surface area contributed by atoms with Crippen molar-refractivity contribution in [2.45, 2.75) is 12.5 Å². The minimum absolute atomic E-state index is 0.192. The molecule has 0 bridgehead atoms. The molecular formula is C18H16N2O2. The molecule has 1 atom stereocenters. The molecular weight excluding hydrogens is 276 g/mol. The summed E-state index contributed by atoms with van der Waals surface area (Å²) in [5, 5.41) is 7.23. The van der Waals surface area contributed by atoms with Crippen LogP contribution in [0.3, 0.4) is 0 Å². The van der Waals surface area contributed by atoms with Gasteiger partial charge < -0.3 is 20.1 Å². The Morgan fingerprint density at radius 1 is 1.00 bits per heavy atom. The third-order valence-corrected chi connectivity index (χ3v) is 4.61. The lowest BCUT2D eigenvalue weighted by Crippen LogP contribution is -2.19. The van der Waals surface area contributed by atoms with E-state index in [-0.39, 0.29) is 6.04 Å². The smallest absolute Gasteiger partial charge is 0.231 e. The lowest BCUT2D eigenvalue weighted by molar-refractivity contribution is 0.174. The van der Waals surface area contributed by atoms with Gasteiger partial charge in [-0.15, -0.1) is 0 Å². The molecule has 0 saturated carbocycles. The second kappa shape index (κ2) is 4.52. The van der Waals surface area contributed by atoms with Gasteiger partial charge in [0, 0.05) is 17.9 Å². The molecule has 4 nitrogen and oxygen atoms in total. The van der Waals surface area contributed by atoms with Crippen molar-refractivity contribution in [2.24, 2.45) is 0 Å². The Morgan fingerprint density at radius 2 is 1.91 bits per heavy atom. The van der Waals surface area contributed by atoms with Crippen molar-refractivity contribution in [3.8, 4) is 11.5 Å². The average molecular weight is 292 g/mol. The molecule has 0 fully saturated rings. The average Bonchev–Trinajstić information content (AvgIpc) is 3.18. The van der Waals surface area contributed by atoms with Crippen LogP contribution in [0.5, 0.6) is 11.5 Å². The summed E-state index contributed by atoms with van der Waals surface area (Å²) in [6.45, 7) is 1.24. The van der Waals surface area contributed by atoms with Crippen LogP contribution in [0.2, 0.25) is 0 Å². The van der Waals surface area contributed by atoms with Crippen LogP contribution in [0.4, 0.5) is 5.69 Å². The molecule has 2 aromatic carbocycles. The molecule has 3 heterocycles. The number of benzene rings is 2. The summed E-state index contributed by atoms with van der Waals surface area (Å²) in [5.41, 5.74) is 6.53. The van der Waals surface area contributed by atoms with Crippen LogP contribution >= 0.6 is 0 Å². The minimum atomic E-state index is 0.192. The Morgan fingerprint density at radius 3 is 2.91 bits per heavy atom. The van der Waals surface area contributed by atoms with Gasteiger partial charge in [-0.2, -0.15) is 0 Å². The van der Waals surface area contributed by atoms with E-state index in [0.29, 0.717) is 6.79 Å². The highest BCUT2D eigenvalue weighted by Crippen LogP contribution is 2.40. The lowest BCUT2D eigenvalue weighted by Gasteiger charge is -2.24. The highest BCUT2D eigenvalue weighted by Gasteiger charge is 2.31. The summed E-state index contributed by atoms with van der Waals surface area (Å²) < 4.78 is 10.9. The molecule has 1 unspecified atom stereocenters. The molecule has 110 valence electrons. The zero-order chi connectivity index (χ0) is 14.5. The molecule has 3 aliphatic heterocycles. The van der Waals surface area contributed by atoms with Crippen molar-refractivity contribution >= 4 is 5.69 Å². The summed E-state index contributed by atoms with van der Waals surface area (Å²) in [7, 11) is 0. The summed E-state index contributed by atoms with van der Waals surface area (Å²) in [5.74, 6) is 1.67. The third-order valence-electron chi connectivity index (χ3n) is 4.61. The van der Waals surface area contributed by atoms with E-state index in [1.54, 1.807) is 0 Å². The van der Waals surface area contributed by atoms with Crippen LogP contribution in [0, 0.1) is 0 Å². The molecule has 0 amide bonds. The van der Waals surface area contributed by atoms with Gasteiger partial charge in [-0.3, -0.25) is 0 Å². The molecule has 0 radical (unpaired) electrons. The first-order valence-electron chi connectivity index (χ1n) is 7.58. The van der Waals surface area contributed by atoms with E-state index >= 15 is 0 Å². The Hall–Kier alpha value is -2.46. The Labute approximate surface area is 128 Å². The maximum atomic E-state index is 5.50. The highest BCUT2D eigenvalue weighted by molar-refractivity contribution is 5.63. The normalized spacial score (nSPS) is 21.4. The van der Waals surface area contributed by atoms with Crippen LogP contribution in [0.1, 0.15) is 17.2 Å². The fourth-order valence-corrected chi connectivity index (χ4v) is 3.49. The number of para-hydroxylation sites is 1. The molecule has 0 saturated heterocycles. The second-order valence-electron chi connectivity index (χ2n) is 5.90. The maximum Gasteiger partial charge on any atom is 0.231 e. The second-order valence-corrected chi connectivity index (χ2v) is 5.90. The minimum Gasteiger partial charge on any atom is -0.454 e. The van der Waals surface area contributed by atoms with Gasteiger partial charge in [0.2, 0.25) is 6.79 Å². The zero-order valence-electron chi connectivity index (χ0n) is 12.1. The van der Waals surface area contributed by atoms with Crippen molar-refractivity contribution in [1.29, 1.82) is 0 Å². The van der Waals surface area contributed by atoms with Gasteiger partial charge in [0.15, 0.2) is 11.5 Å². The summed E-state index contributed by atoms with van der Waals surface area (Å²) in [6, 6.07) is 14.9. The van der Waals surface area contributed by atoms with Gasteiger partial charge in [0.1, 0.15) is 0 Å². The fourth-order valence-electron chi connectivity index (χ4n) is 3.49. The third kappa shape index (κ3) is 1.74. The SMILES string of the molecule is c1ccc2c(c1)CC1=C(N2)C(c2ccc3c(c2)OCO3)NC1. The molecule has 22 heavy (non-hydrogen) atoms. The van der Waals surface area contributed by atoms with E-state index in [9.17, 15) is 0 Å². The molecule has 0 aromatic heterocycles. The molecule has 2 N–H and O–H groups in total. The number of rotatable bonds is 1. The molecule has 4 heteroatoms. The van der Waals surface area contributed by atoms with E-state index in [1.807, 2.05) is 6.07 Å². The first-order chi connectivity index (χ1) is 10.9. The highest BCUT2D eigenvalue weighted by atomic mass is 16.7. The van der Waals surface area contributed by atoms with Gasteiger partial charge in [-0.05, 0) is 41.3 Å². The maximum absolute atomic E-state index is 5.50. The first kappa shape index (κ1) is 12.1. The summed E-state index contributed by atoms with van der Waals surface area (Å²) >= 11 is 0. The molecule has 0 spiro atoms. The van der Waals surface area contributed by atoms with Gasteiger partial charge in [0.25, 0.3) is 0 Å². The molecule has 0 aliphatic carbocycles. The number of nitrogens with one attached hydrogen (secondary N) is 2. The van der Waals surface area contributed by atoms with Crippen LogP contribution in [-0.4, -0.2) is 13.3 Å². The Bertz CT molecular complexity index is 797. The van der Waals surface area contributed by atoms with Gasteiger partial charge in [-0.1, -0.05) is 24.3 Å². The molecule has 3 aliphatic rings. The lowest BCUT2D eigenvalue weighted by atomic mass is 9.95. The first-order valence-corrected chi connectivity index (χ1v) is 7.58. The van der Waals surface area contributed by atoms with E-state index < -0.39 is 0 Å². The van der Waals surface area contributed by atoms with Crippen molar-refractivity contribution in [2.75, 3.05) is 18.7 Å². The number of fused-ring (bicyclic) bond motifs is 2. The largest absolute Gasteiger partial charge is 0.454 e. The van der Waals surface area contributed by atoms with Crippen molar-refractivity contribution < 1.29 is 9.47 Å².